The van der Waals surface area contributed by atoms with Crippen LogP contribution < -0.4 is 0 Å². The molecule has 0 saturated carbocycles. The average Bonchev–Trinajstić information content (AvgIpc) is 3.03. The molecule has 82 valence electrons. The molecule has 0 bridgehead atoms. The molecule has 1 aliphatic rings. The Kier molecular flexibility index (Phi) is 3.07. The van der Waals surface area contributed by atoms with Crippen LogP contribution in [0.3, 0.4) is 0 Å². The molecule has 0 aliphatic carbocycles. The lowest BCUT2D eigenvalue weighted by atomic mass is 10.3. The predicted octanol–water partition coefficient (Wildman–Crippen LogP) is 1.64. The fourth-order valence-corrected chi connectivity index (χ4v) is 2.84. The van der Waals surface area contributed by atoms with E-state index in [9.17, 15) is 8.42 Å². The molecule has 1 aromatic carbocycles. The molecule has 3 nitrogen and oxygen atoms in total. The van der Waals surface area contributed by atoms with Crippen molar-refractivity contribution in [3.05, 3.63) is 30.3 Å². The van der Waals surface area contributed by atoms with Gasteiger partial charge < -0.3 is 4.74 Å². The minimum absolute atomic E-state index is 0.219. The highest BCUT2D eigenvalue weighted by Crippen LogP contribution is 2.18. The van der Waals surface area contributed by atoms with Crippen LogP contribution in [0.1, 0.15) is 12.8 Å². The van der Waals surface area contributed by atoms with Crippen LogP contribution in [0.2, 0.25) is 0 Å². The molecule has 1 heterocycles. The van der Waals surface area contributed by atoms with Crippen LogP contribution in [-0.4, -0.2) is 26.9 Å². The van der Waals surface area contributed by atoms with Gasteiger partial charge in [-0.25, -0.2) is 8.42 Å². The molecule has 1 saturated heterocycles. The van der Waals surface area contributed by atoms with E-state index in [1.807, 2.05) is 6.07 Å². The fraction of sp³-hybridized carbons (Fsp3) is 0.455. The van der Waals surface area contributed by atoms with E-state index in [0.29, 0.717) is 17.4 Å². The molecule has 0 spiro atoms. The van der Waals surface area contributed by atoms with Gasteiger partial charge in [-0.05, 0) is 25.0 Å². The highest BCUT2D eigenvalue weighted by Gasteiger charge is 2.23. The number of ether oxygens (including phenoxy) is 1. The maximum atomic E-state index is 11.8. The zero-order chi connectivity index (χ0) is 10.7. The molecule has 0 N–H and O–H groups in total. The maximum absolute atomic E-state index is 11.8. The summed E-state index contributed by atoms with van der Waals surface area (Å²) in [6.45, 7) is 0.797. The van der Waals surface area contributed by atoms with E-state index in [1.54, 1.807) is 24.3 Å². The summed E-state index contributed by atoms with van der Waals surface area (Å²) >= 11 is 0. The van der Waals surface area contributed by atoms with Gasteiger partial charge in [-0.3, -0.25) is 0 Å². The van der Waals surface area contributed by atoms with Crippen LogP contribution >= 0.6 is 0 Å². The minimum Gasteiger partial charge on any atom is -0.373 e. The first-order chi connectivity index (χ1) is 7.18. The Balaban J connectivity index is 1.93. The summed E-state index contributed by atoms with van der Waals surface area (Å²) < 4.78 is 28.6. The van der Waals surface area contributed by atoms with Gasteiger partial charge in [-0.15, -0.1) is 0 Å². The first-order valence-corrected chi connectivity index (χ1v) is 6.73. The Morgan fingerprint density at radius 2 is 1.93 bits per heavy atom. The van der Waals surface area contributed by atoms with Gasteiger partial charge in [0.05, 0.1) is 23.4 Å². The topological polar surface area (TPSA) is 46.7 Å². The standard InChI is InChI=1S/C11H14O3S/c12-15(13,8-4-5-10-9-14-10)11-6-2-1-3-7-11/h1-3,6-7,10H,4-5,8-9H2. The number of sulfone groups is 1. The molecule has 1 unspecified atom stereocenters. The second-order valence-corrected chi connectivity index (χ2v) is 5.84. The Labute approximate surface area is 90.0 Å². The van der Waals surface area contributed by atoms with Gasteiger partial charge in [-0.1, -0.05) is 18.2 Å². The third-order valence-corrected chi connectivity index (χ3v) is 4.26. The molecule has 1 aromatic rings. The van der Waals surface area contributed by atoms with E-state index in [1.165, 1.54) is 0 Å². The van der Waals surface area contributed by atoms with Crippen molar-refractivity contribution < 1.29 is 13.2 Å². The summed E-state index contributed by atoms with van der Waals surface area (Å²) in [5.41, 5.74) is 0. The molecule has 4 heteroatoms. The summed E-state index contributed by atoms with van der Waals surface area (Å²) in [5, 5.41) is 0. The second kappa shape index (κ2) is 4.33. The van der Waals surface area contributed by atoms with Crippen molar-refractivity contribution in [2.45, 2.75) is 23.8 Å². The lowest BCUT2D eigenvalue weighted by molar-refractivity contribution is 0.395. The molecule has 15 heavy (non-hydrogen) atoms. The van der Waals surface area contributed by atoms with Crippen LogP contribution in [0, 0.1) is 0 Å². The van der Waals surface area contributed by atoms with E-state index in [4.69, 9.17) is 4.74 Å². The lowest BCUT2D eigenvalue weighted by Crippen LogP contribution is -2.07. The van der Waals surface area contributed by atoms with E-state index >= 15 is 0 Å². The van der Waals surface area contributed by atoms with Gasteiger partial charge in [0.15, 0.2) is 9.84 Å². The van der Waals surface area contributed by atoms with Crippen LogP contribution in [-0.2, 0) is 14.6 Å². The zero-order valence-electron chi connectivity index (χ0n) is 8.43. The lowest BCUT2D eigenvalue weighted by Gasteiger charge is -2.02. The smallest absolute Gasteiger partial charge is 0.178 e. The van der Waals surface area contributed by atoms with Crippen molar-refractivity contribution in [1.29, 1.82) is 0 Å². The summed E-state index contributed by atoms with van der Waals surface area (Å²) in [6.07, 6.45) is 1.85. The van der Waals surface area contributed by atoms with Crippen molar-refractivity contribution in [2.75, 3.05) is 12.4 Å². The molecule has 0 radical (unpaired) electrons. The largest absolute Gasteiger partial charge is 0.373 e. The number of hydrogen-bond acceptors (Lipinski definition) is 3. The van der Waals surface area contributed by atoms with Crippen LogP contribution in [0.25, 0.3) is 0 Å². The van der Waals surface area contributed by atoms with E-state index in [-0.39, 0.29) is 5.75 Å². The van der Waals surface area contributed by atoms with Gasteiger partial charge in [-0.2, -0.15) is 0 Å². The molecular formula is C11H14O3S. The summed E-state index contributed by atoms with van der Waals surface area (Å²) in [7, 11) is -3.08. The molecule has 1 aliphatic heterocycles. The molecule has 0 amide bonds. The maximum Gasteiger partial charge on any atom is 0.178 e. The summed E-state index contributed by atoms with van der Waals surface area (Å²) in [6, 6.07) is 8.59. The normalized spacial score (nSPS) is 20.1. The van der Waals surface area contributed by atoms with Gasteiger partial charge in [0.2, 0.25) is 0 Å². The summed E-state index contributed by atoms with van der Waals surface area (Å²) in [4.78, 5) is 0.418. The molecular weight excluding hydrogens is 212 g/mol. The number of epoxide rings is 1. The zero-order valence-corrected chi connectivity index (χ0v) is 9.24. The van der Waals surface area contributed by atoms with E-state index in [2.05, 4.69) is 0 Å². The number of benzene rings is 1. The fourth-order valence-electron chi connectivity index (χ4n) is 1.48. The molecule has 0 aromatic heterocycles. The highest BCUT2D eigenvalue weighted by molar-refractivity contribution is 7.91. The van der Waals surface area contributed by atoms with Crippen molar-refractivity contribution >= 4 is 9.84 Å². The summed E-state index contributed by atoms with van der Waals surface area (Å²) in [5.74, 6) is 0.219. The quantitative estimate of drug-likeness (QED) is 0.717. The Bertz CT molecular complexity index is 407. The van der Waals surface area contributed by atoms with Crippen LogP contribution in [0.4, 0.5) is 0 Å². The van der Waals surface area contributed by atoms with Crippen molar-refractivity contribution in [2.24, 2.45) is 0 Å². The second-order valence-electron chi connectivity index (χ2n) is 3.73. The van der Waals surface area contributed by atoms with Gasteiger partial charge in [0.25, 0.3) is 0 Å². The SMILES string of the molecule is O=S(=O)(CCCC1CO1)c1ccccc1. The van der Waals surface area contributed by atoms with Crippen molar-refractivity contribution in [3.8, 4) is 0 Å². The third-order valence-electron chi connectivity index (χ3n) is 2.44. The first-order valence-electron chi connectivity index (χ1n) is 5.08. The van der Waals surface area contributed by atoms with Crippen LogP contribution in [0.15, 0.2) is 35.2 Å². The first kappa shape index (κ1) is 10.6. The van der Waals surface area contributed by atoms with Crippen LogP contribution in [0.5, 0.6) is 0 Å². The predicted molar refractivity (Wildman–Crippen MR) is 57.5 cm³/mol. The van der Waals surface area contributed by atoms with Gasteiger partial charge >= 0.3 is 0 Å². The molecule has 1 fully saturated rings. The van der Waals surface area contributed by atoms with E-state index < -0.39 is 9.84 Å². The Morgan fingerprint density at radius 1 is 1.27 bits per heavy atom. The highest BCUT2D eigenvalue weighted by atomic mass is 32.2. The van der Waals surface area contributed by atoms with Crippen molar-refractivity contribution in [3.63, 3.8) is 0 Å². The van der Waals surface area contributed by atoms with Gasteiger partial charge in [0.1, 0.15) is 0 Å². The number of hydrogen-bond donors (Lipinski definition) is 0. The Morgan fingerprint density at radius 3 is 2.53 bits per heavy atom. The van der Waals surface area contributed by atoms with Crippen molar-refractivity contribution in [1.82, 2.24) is 0 Å². The minimum atomic E-state index is -3.08. The average molecular weight is 226 g/mol. The number of rotatable bonds is 5. The molecule has 1 atom stereocenters. The van der Waals surface area contributed by atoms with E-state index in [0.717, 1.165) is 13.0 Å². The monoisotopic (exact) mass is 226 g/mol. The third kappa shape index (κ3) is 3.04. The molecule has 2 rings (SSSR count). The van der Waals surface area contributed by atoms with Gasteiger partial charge in [0, 0.05) is 0 Å². The Hall–Kier alpha value is -0.870.